The van der Waals surface area contributed by atoms with Crippen LogP contribution in [0.15, 0.2) is 71.6 Å². The Kier molecular flexibility index (Phi) is 11.8. The predicted octanol–water partition coefficient (Wildman–Crippen LogP) is 7.22. The van der Waals surface area contributed by atoms with Crippen molar-refractivity contribution in [3.8, 4) is 0 Å². The van der Waals surface area contributed by atoms with Gasteiger partial charge < -0.3 is 10.2 Å². The van der Waals surface area contributed by atoms with Gasteiger partial charge in [0.15, 0.2) is 0 Å². The van der Waals surface area contributed by atoms with E-state index >= 15 is 0 Å². The van der Waals surface area contributed by atoms with Crippen LogP contribution in [0.3, 0.4) is 0 Å². The number of rotatable bonds is 12. The molecular weight excluding hydrogens is 628 g/mol. The summed E-state index contributed by atoms with van der Waals surface area (Å²) in [7, 11) is -4.27. The largest absolute Gasteiger partial charge is 0.352 e. The molecule has 41 heavy (non-hydrogen) atoms. The smallest absolute Gasteiger partial charge is 0.264 e. The van der Waals surface area contributed by atoms with Gasteiger partial charge in [0.2, 0.25) is 11.8 Å². The third-order valence-corrected chi connectivity index (χ3v) is 9.43. The van der Waals surface area contributed by atoms with Crippen LogP contribution in [0.4, 0.5) is 5.69 Å². The minimum absolute atomic E-state index is 0.0346. The van der Waals surface area contributed by atoms with Crippen LogP contribution in [-0.2, 0) is 26.2 Å². The molecule has 3 aromatic carbocycles. The zero-order valence-electron chi connectivity index (χ0n) is 22.8. The number of carbonyl (C=O) groups is 2. The predicted molar refractivity (Wildman–Crippen MR) is 166 cm³/mol. The maximum absolute atomic E-state index is 14.1. The average molecular weight is 659 g/mol. The van der Waals surface area contributed by atoms with Crippen molar-refractivity contribution in [3.05, 3.63) is 92.4 Å². The molecule has 0 radical (unpaired) electrons. The molecule has 0 saturated carbocycles. The highest BCUT2D eigenvalue weighted by atomic mass is 35.5. The number of nitrogens with one attached hydrogen (secondary N) is 1. The lowest BCUT2D eigenvalue weighted by molar-refractivity contribution is -0.140. The van der Waals surface area contributed by atoms with Gasteiger partial charge in [-0.3, -0.25) is 13.9 Å². The third kappa shape index (κ3) is 8.30. The number of sulfonamides is 1. The summed E-state index contributed by atoms with van der Waals surface area (Å²) >= 11 is 25.0. The maximum atomic E-state index is 14.1. The number of nitrogens with zero attached hydrogens (tertiary/aromatic N) is 2. The Bertz CT molecular complexity index is 1490. The van der Waals surface area contributed by atoms with Gasteiger partial charge >= 0.3 is 0 Å². The summed E-state index contributed by atoms with van der Waals surface area (Å²) in [5.74, 6) is -0.991. The second-order valence-corrected chi connectivity index (χ2v) is 13.0. The summed E-state index contributed by atoms with van der Waals surface area (Å²) in [6.07, 6.45) is 0.962. The molecule has 0 unspecified atom stereocenters. The van der Waals surface area contributed by atoms with Crippen molar-refractivity contribution in [3.63, 3.8) is 0 Å². The lowest BCUT2D eigenvalue weighted by Gasteiger charge is -2.34. The molecule has 1 N–H and O–H groups in total. The van der Waals surface area contributed by atoms with Crippen molar-refractivity contribution in [2.24, 2.45) is 0 Å². The minimum atomic E-state index is -4.27. The molecule has 7 nitrogen and oxygen atoms in total. The highest BCUT2D eigenvalue weighted by Gasteiger charge is 2.35. The molecule has 0 bridgehead atoms. The van der Waals surface area contributed by atoms with Crippen molar-refractivity contribution in [1.82, 2.24) is 10.2 Å². The summed E-state index contributed by atoms with van der Waals surface area (Å²) in [5.41, 5.74) is 0.607. The fourth-order valence-electron chi connectivity index (χ4n) is 4.11. The van der Waals surface area contributed by atoms with Gasteiger partial charge in [-0.2, -0.15) is 0 Å². The highest BCUT2D eigenvalue weighted by molar-refractivity contribution is 7.92. The lowest BCUT2D eigenvalue weighted by Crippen LogP contribution is -2.53. The number of hydrogen-bond donors (Lipinski definition) is 1. The first kappa shape index (κ1) is 33.0. The maximum Gasteiger partial charge on any atom is 0.264 e. The molecule has 0 fully saturated rings. The van der Waals surface area contributed by atoms with Crippen LogP contribution >= 0.6 is 46.4 Å². The van der Waals surface area contributed by atoms with Gasteiger partial charge in [-0.05, 0) is 67.8 Å². The average Bonchev–Trinajstić information content (AvgIpc) is 2.93. The molecule has 0 aliphatic rings. The number of amides is 2. The number of hydrogen-bond acceptors (Lipinski definition) is 4. The third-order valence-electron chi connectivity index (χ3n) is 6.53. The number of halogens is 4. The van der Waals surface area contributed by atoms with Crippen molar-refractivity contribution in [2.75, 3.05) is 10.8 Å². The minimum Gasteiger partial charge on any atom is -0.352 e. The summed E-state index contributed by atoms with van der Waals surface area (Å²) in [6, 6.07) is 15.8. The van der Waals surface area contributed by atoms with E-state index in [2.05, 4.69) is 5.32 Å². The Labute approximate surface area is 261 Å². The van der Waals surface area contributed by atoms with E-state index in [1.807, 2.05) is 13.8 Å². The number of carbonyl (C=O) groups excluding carboxylic acids is 2. The van der Waals surface area contributed by atoms with E-state index in [1.54, 1.807) is 43.3 Å². The Morgan fingerprint density at radius 1 is 0.854 bits per heavy atom. The van der Waals surface area contributed by atoms with E-state index in [0.29, 0.717) is 27.1 Å². The van der Waals surface area contributed by atoms with E-state index in [0.717, 1.165) is 4.31 Å². The molecule has 2 amide bonds. The Morgan fingerprint density at radius 2 is 1.46 bits per heavy atom. The normalized spacial score (nSPS) is 12.9. The highest BCUT2D eigenvalue weighted by Crippen LogP contribution is 2.33. The molecule has 0 saturated heterocycles. The molecule has 3 aromatic rings. The van der Waals surface area contributed by atoms with E-state index in [1.165, 1.54) is 35.2 Å². The molecule has 0 aliphatic carbocycles. The SMILES string of the molecule is CC[C@@H](C)NC(=O)[C@@H](CC)N(Cc1ccc(Cl)cc1Cl)C(=O)CN(c1ccc(Cl)cc1Cl)S(=O)(=O)c1ccccc1. The molecule has 3 rings (SSSR count). The second kappa shape index (κ2) is 14.6. The van der Waals surface area contributed by atoms with Gasteiger partial charge in [-0.25, -0.2) is 8.42 Å². The van der Waals surface area contributed by atoms with Crippen LogP contribution in [0.25, 0.3) is 0 Å². The van der Waals surface area contributed by atoms with E-state index < -0.39 is 28.5 Å². The fourth-order valence-corrected chi connectivity index (χ4v) is 6.59. The van der Waals surface area contributed by atoms with Crippen LogP contribution in [-0.4, -0.2) is 43.8 Å². The molecule has 220 valence electrons. The molecule has 0 heterocycles. The van der Waals surface area contributed by atoms with Gasteiger partial charge in [0.1, 0.15) is 12.6 Å². The Balaban J connectivity index is 2.11. The lowest BCUT2D eigenvalue weighted by atomic mass is 10.1. The van der Waals surface area contributed by atoms with Crippen LogP contribution in [0.1, 0.15) is 39.2 Å². The van der Waals surface area contributed by atoms with Crippen LogP contribution in [0.2, 0.25) is 20.1 Å². The van der Waals surface area contributed by atoms with Crippen LogP contribution in [0, 0.1) is 0 Å². The van der Waals surface area contributed by atoms with Crippen LogP contribution in [0.5, 0.6) is 0 Å². The summed E-state index contributed by atoms with van der Waals surface area (Å²) in [6.45, 7) is 4.87. The van der Waals surface area contributed by atoms with E-state index in [-0.39, 0.29) is 40.5 Å². The quantitative estimate of drug-likeness (QED) is 0.223. The van der Waals surface area contributed by atoms with Crippen molar-refractivity contribution >= 4 is 73.9 Å². The van der Waals surface area contributed by atoms with Crippen molar-refractivity contribution < 1.29 is 18.0 Å². The molecule has 12 heteroatoms. The Hall–Kier alpha value is -2.49. The van der Waals surface area contributed by atoms with Gasteiger partial charge in [-0.1, -0.05) is 84.5 Å². The first-order valence-electron chi connectivity index (χ1n) is 13.0. The zero-order chi connectivity index (χ0) is 30.3. The molecule has 0 aliphatic heterocycles. The summed E-state index contributed by atoms with van der Waals surface area (Å²) in [4.78, 5) is 28.8. The molecule has 2 atom stereocenters. The van der Waals surface area contributed by atoms with Crippen LogP contribution < -0.4 is 9.62 Å². The standard InChI is InChI=1S/C29H31Cl4N3O4S/c1-4-19(3)34-29(38)26(5-2)35(17-20-11-12-21(30)15-24(20)32)28(37)18-36(27-14-13-22(31)16-25(27)33)41(39,40)23-9-7-6-8-10-23/h6-16,19,26H,4-5,17-18H2,1-3H3,(H,34,38)/t19-,26-/m1/s1. The van der Waals surface area contributed by atoms with Gasteiger partial charge in [-0.15, -0.1) is 0 Å². The van der Waals surface area contributed by atoms with E-state index in [9.17, 15) is 18.0 Å². The monoisotopic (exact) mass is 657 g/mol. The summed E-state index contributed by atoms with van der Waals surface area (Å²) < 4.78 is 28.7. The number of benzene rings is 3. The zero-order valence-corrected chi connectivity index (χ0v) is 26.6. The summed E-state index contributed by atoms with van der Waals surface area (Å²) in [5, 5.41) is 3.99. The molecule has 0 spiro atoms. The molecule has 0 aromatic heterocycles. The van der Waals surface area contributed by atoms with Gasteiger partial charge in [0.05, 0.1) is 15.6 Å². The van der Waals surface area contributed by atoms with Crippen molar-refractivity contribution in [1.29, 1.82) is 0 Å². The van der Waals surface area contributed by atoms with E-state index in [4.69, 9.17) is 46.4 Å². The first-order chi connectivity index (χ1) is 19.4. The molecular formula is C29H31Cl4N3O4S. The topological polar surface area (TPSA) is 86.8 Å². The Morgan fingerprint density at radius 3 is 2.02 bits per heavy atom. The van der Waals surface area contributed by atoms with Gasteiger partial charge in [0, 0.05) is 27.7 Å². The van der Waals surface area contributed by atoms with Gasteiger partial charge in [0.25, 0.3) is 10.0 Å². The second-order valence-electron chi connectivity index (χ2n) is 9.42. The fraction of sp³-hybridized carbons (Fsp3) is 0.310. The number of anilines is 1. The first-order valence-corrected chi connectivity index (χ1v) is 15.9. The van der Waals surface area contributed by atoms with Crippen molar-refractivity contribution in [2.45, 2.75) is 57.1 Å².